The number of carbonyl (C=O) groups is 2. The van der Waals surface area contributed by atoms with E-state index in [1.807, 2.05) is 0 Å². The van der Waals surface area contributed by atoms with Crippen molar-refractivity contribution >= 4 is 49.6 Å². The molecule has 0 spiro atoms. The maximum atomic E-state index is 11.4. The summed E-state index contributed by atoms with van der Waals surface area (Å²) < 4.78 is 0. The molecule has 0 radical (unpaired) electrons. The Morgan fingerprint density at radius 2 is 1.83 bits per heavy atom. The summed E-state index contributed by atoms with van der Waals surface area (Å²) in [6.45, 7) is 3.02. The van der Waals surface area contributed by atoms with E-state index in [9.17, 15) is 14.7 Å². The average molecular weight is 293 g/mol. The Morgan fingerprint density at radius 1 is 1.33 bits per heavy atom. The van der Waals surface area contributed by atoms with E-state index in [0.29, 0.717) is 6.42 Å². The molecule has 0 saturated carbocycles. The molecule has 0 aliphatic heterocycles. The van der Waals surface area contributed by atoms with Crippen molar-refractivity contribution in [3.05, 3.63) is 0 Å². The molecule has 0 aliphatic carbocycles. The topological polar surface area (TPSA) is 138 Å². The molecule has 0 aliphatic rings. The van der Waals surface area contributed by atoms with E-state index < -0.39 is 23.4 Å². The van der Waals surface area contributed by atoms with Gasteiger partial charge in [0.2, 0.25) is 5.91 Å². The molecule has 0 aromatic carbocycles. The van der Waals surface area contributed by atoms with E-state index >= 15 is 0 Å². The quantitative estimate of drug-likeness (QED) is 0.306. The molecule has 7 nitrogen and oxygen atoms in total. The van der Waals surface area contributed by atoms with Crippen molar-refractivity contribution in [2.45, 2.75) is 32.8 Å². The molecule has 8 heteroatoms. The fourth-order valence-corrected chi connectivity index (χ4v) is 0.989. The number of nitrogens with one attached hydrogen (secondary N) is 1. The summed E-state index contributed by atoms with van der Waals surface area (Å²) in [6, 6.07) is 0. The molecule has 0 aromatic heterocycles. The SMILES string of the molecule is CC(C)(CO)C(O)C(=O)NCCCC(=O)O.O.[CaH2]. The number of amides is 1. The van der Waals surface area contributed by atoms with E-state index in [-0.39, 0.29) is 62.8 Å². The van der Waals surface area contributed by atoms with Gasteiger partial charge in [-0.05, 0) is 6.42 Å². The number of carboxylic acids is 1. The third-order valence-corrected chi connectivity index (χ3v) is 2.26. The van der Waals surface area contributed by atoms with Crippen molar-refractivity contribution in [2.75, 3.05) is 13.2 Å². The van der Waals surface area contributed by atoms with Crippen molar-refractivity contribution in [1.29, 1.82) is 0 Å². The van der Waals surface area contributed by atoms with Crippen LogP contribution in [0.1, 0.15) is 26.7 Å². The predicted octanol–water partition coefficient (Wildman–Crippen LogP) is -2.39. The molecular formula is C10H23CaNO6. The van der Waals surface area contributed by atoms with Gasteiger partial charge in [-0.15, -0.1) is 0 Å². The number of hydrogen-bond acceptors (Lipinski definition) is 4. The Kier molecular flexibility index (Phi) is 14.1. The van der Waals surface area contributed by atoms with Gasteiger partial charge in [0.1, 0.15) is 6.10 Å². The van der Waals surface area contributed by atoms with Gasteiger partial charge in [0, 0.05) is 18.4 Å². The second-order valence-corrected chi connectivity index (χ2v) is 4.34. The fraction of sp³-hybridized carbons (Fsp3) is 0.800. The Morgan fingerprint density at radius 3 is 2.22 bits per heavy atom. The van der Waals surface area contributed by atoms with Crippen LogP contribution in [0.2, 0.25) is 0 Å². The van der Waals surface area contributed by atoms with Crippen molar-refractivity contribution in [2.24, 2.45) is 5.41 Å². The second kappa shape index (κ2) is 11.0. The van der Waals surface area contributed by atoms with Crippen LogP contribution >= 0.6 is 0 Å². The van der Waals surface area contributed by atoms with Gasteiger partial charge in [-0.3, -0.25) is 9.59 Å². The standard InChI is InChI=1S/C10H19NO5.Ca.H2O.2H/c1-10(2,6-12)8(15)9(16)11-5-3-4-7(13)14;;;;/h8,12,15H,3-6H2,1-2H3,(H,11,16)(H,13,14);;1H2;;. The number of aliphatic carboxylic acids is 1. The Balaban J connectivity index is -0.00000112. The van der Waals surface area contributed by atoms with Gasteiger partial charge in [-0.25, -0.2) is 0 Å². The molecule has 0 saturated heterocycles. The van der Waals surface area contributed by atoms with E-state index in [0.717, 1.165) is 0 Å². The van der Waals surface area contributed by atoms with Crippen LogP contribution < -0.4 is 5.32 Å². The normalized spacial score (nSPS) is 11.8. The van der Waals surface area contributed by atoms with Crippen LogP contribution in [0.5, 0.6) is 0 Å². The van der Waals surface area contributed by atoms with E-state index in [1.54, 1.807) is 13.8 Å². The van der Waals surface area contributed by atoms with Crippen molar-refractivity contribution < 1.29 is 30.4 Å². The summed E-state index contributed by atoms with van der Waals surface area (Å²) in [6.07, 6.45) is -1.02. The summed E-state index contributed by atoms with van der Waals surface area (Å²) in [7, 11) is 0. The van der Waals surface area contributed by atoms with E-state index in [1.165, 1.54) is 0 Å². The van der Waals surface area contributed by atoms with E-state index in [2.05, 4.69) is 5.32 Å². The molecule has 6 N–H and O–H groups in total. The molecular weight excluding hydrogens is 270 g/mol. The van der Waals surface area contributed by atoms with Gasteiger partial charge < -0.3 is 26.1 Å². The van der Waals surface area contributed by atoms with Crippen molar-refractivity contribution in [1.82, 2.24) is 5.32 Å². The van der Waals surface area contributed by atoms with Crippen LogP contribution in [-0.2, 0) is 9.59 Å². The van der Waals surface area contributed by atoms with E-state index in [4.69, 9.17) is 10.2 Å². The van der Waals surface area contributed by atoms with Gasteiger partial charge in [-0.2, -0.15) is 0 Å². The summed E-state index contributed by atoms with van der Waals surface area (Å²) in [5, 5.41) is 29.3. The number of rotatable bonds is 7. The number of carbonyl (C=O) groups excluding carboxylic acids is 1. The van der Waals surface area contributed by atoms with Crippen LogP contribution in [0.15, 0.2) is 0 Å². The fourth-order valence-electron chi connectivity index (χ4n) is 0.989. The molecule has 1 amide bonds. The summed E-state index contributed by atoms with van der Waals surface area (Å²) in [4.78, 5) is 21.6. The third kappa shape index (κ3) is 9.07. The predicted molar refractivity (Wildman–Crippen MR) is 68.9 cm³/mol. The summed E-state index contributed by atoms with van der Waals surface area (Å²) >= 11 is 0. The molecule has 0 heterocycles. The molecule has 18 heavy (non-hydrogen) atoms. The molecule has 106 valence electrons. The van der Waals surface area contributed by atoms with Crippen molar-refractivity contribution in [3.8, 4) is 0 Å². The third-order valence-electron chi connectivity index (χ3n) is 2.26. The second-order valence-electron chi connectivity index (χ2n) is 4.34. The van der Waals surface area contributed by atoms with Gasteiger partial charge in [0.25, 0.3) is 0 Å². The molecule has 1 atom stereocenters. The Hall–Kier alpha value is 0.0797. The van der Waals surface area contributed by atoms with Crippen molar-refractivity contribution in [3.63, 3.8) is 0 Å². The van der Waals surface area contributed by atoms with Gasteiger partial charge in [-0.1, -0.05) is 13.8 Å². The minimum atomic E-state index is -1.30. The first kappa shape index (κ1) is 23.2. The molecule has 1 unspecified atom stereocenters. The Bertz CT molecular complexity index is 259. The van der Waals surface area contributed by atoms with Crippen LogP contribution in [0.25, 0.3) is 0 Å². The molecule has 0 rings (SSSR count). The number of aliphatic hydroxyl groups excluding tert-OH is 2. The summed E-state index contributed by atoms with van der Waals surface area (Å²) in [5.74, 6) is -1.52. The molecule has 0 aromatic rings. The first-order valence-electron chi connectivity index (χ1n) is 5.09. The minimum absolute atomic E-state index is 0. The van der Waals surface area contributed by atoms with Gasteiger partial charge >= 0.3 is 43.7 Å². The zero-order valence-electron chi connectivity index (χ0n) is 10.1. The number of aliphatic hydroxyl groups is 2. The number of carboxylic acid groups (broad SMARTS) is 1. The first-order chi connectivity index (χ1) is 7.31. The molecule has 0 bridgehead atoms. The van der Waals surface area contributed by atoms with Crippen LogP contribution in [0, 0.1) is 5.41 Å². The van der Waals surface area contributed by atoms with Gasteiger partial charge in [0.15, 0.2) is 0 Å². The number of hydrogen-bond donors (Lipinski definition) is 4. The Labute approximate surface area is 136 Å². The first-order valence-corrected chi connectivity index (χ1v) is 5.09. The molecule has 0 fully saturated rings. The zero-order valence-corrected chi connectivity index (χ0v) is 10.1. The summed E-state index contributed by atoms with van der Waals surface area (Å²) in [5.41, 5.74) is -0.906. The average Bonchev–Trinajstić information content (AvgIpc) is 2.22. The monoisotopic (exact) mass is 293 g/mol. The maximum absolute atomic E-state index is 11.4. The van der Waals surface area contributed by atoms with Crippen LogP contribution in [-0.4, -0.2) is 89.7 Å². The van der Waals surface area contributed by atoms with Gasteiger partial charge in [0.05, 0.1) is 6.61 Å². The zero-order chi connectivity index (χ0) is 12.8. The van der Waals surface area contributed by atoms with Crippen LogP contribution in [0.3, 0.4) is 0 Å². The van der Waals surface area contributed by atoms with Crippen LogP contribution in [0.4, 0.5) is 0 Å².